The van der Waals surface area contributed by atoms with Crippen molar-refractivity contribution in [3.63, 3.8) is 0 Å². The Balaban J connectivity index is 2.49. The fraction of sp³-hybridized carbons (Fsp3) is 0.417. The number of sulfone groups is 1. The highest BCUT2D eigenvalue weighted by Crippen LogP contribution is 2.05. The lowest BCUT2D eigenvalue weighted by molar-refractivity contribution is -0.118. The normalized spacial score (nSPS) is 11.4. The van der Waals surface area contributed by atoms with E-state index in [1.807, 2.05) is 31.2 Å². The van der Waals surface area contributed by atoms with Gasteiger partial charge in [0.05, 0.1) is 5.75 Å². The van der Waals surface area contributed by atoms with Gasteiger partial charge in [-0.2, -0.15) is 0 Å². The molecule has 4 heteroatoms. The average molecular weight is 240 g/mol. The second kappa shape index (κ2) is 5.25. The summed E-state index contributed by atoms with van der Waals surface area (Å²) in [6.07, 6.45) is 1.56. The highest BCUT2D eigenvalue weighted by molar-refractivity contribution is 7.90. The number of aryl methyl sites for hydroxylation is 1. The summed E-state index contributed by atoms with van der Waals surface area (Å²) in [7, 11) is -3.04. The van der Waals surface area contributed by atoms with E-state index in [-0.39, 0.29) is 18.0 Å². The Bertz CT molecular complexity index is 458. The van der Waals surface area contributed by atoms with E-state index in [0.29, 0.717) is 6.42 Å². The smallest absolute Gasteiger partial charge is 0.147 e. The van der Waals surface area contributed by atoms with Gasteiger partial charge < -0.3 is 0 Å². The summed E-state index contributed by atoms with van der Waals surface area (Å²) in [6, 6.07) is 7.68. The van der Waals surface area contributed by atoms with Gasteiger partial charge in [0.1, 0.15) is 15.6 Å². The first-order valence-electron chi connectivity index (χ1n) is 5.12. The van der Waals surface area contributed by atoms with Crippen molar-refractivity contribution in [1.29, 1.82) is 0 Å². The fourth-order valence-electron chi connectivity index (χ4n) is 1.32. The van der Waals surface area contributed by atoms with E-state index < -0.39 is 9.84 Å². The summed E-state index contributed by atoms with van der Waals surface area (Å²) in [5.74, 6) is -0.0909. The summed E-state index contributed by atoms with van der Waals surface area (Å²) < 4.78 is 21.8. The number of Topliss-reactive ketones (excluding diaryl/α,β-unsaturated/α-hetero) is 1. The van der Waals surface area contributed by atoms with Gasteiger partial charge in [0.2, 0.25) is 0 Å². The molecule has 0 aliphatic carbocycles. The predicted molar refractivity (Wildman–Crippen MR) is 64.2 cm³/mol. The standard InChI is InChI=1S/C12H16O3S/c1-10-3-5-11(6-4-10)9-12(13)7-8-16(2,14)15/h3-6H,7-9H2,1-2H3. The topological polar surface area (TPSA) is 51.2 Å². The molecule has 0 aromatic heterocycles. The molecule has 1 rings (SSSR count). The summed E-state index contributed by atoms with van der Waals surface area (Å²) in [5, 5.41) is 0. The molecule has 0 heterocycles. The maximum absolute atomic E-state index is 11.5. The lowest BCUT2D eigenvalue weighted by atomic mass is 10.1. The third-order valence-electron chi connectivity index (χ3n) is 2.27. The number of hydrogen-bond acceptors (Lipinski definition) is 3. The number of carbonyl (C=O) groups excluding carboxylic acids is 1. The van der Waals surface area contributed by atoms with Gasteiger partial charge in [-0.25, -0.2) is 8.42 Å². The SMILES string of the molecule is Cc1ccc(CC(=O)CCS(C)(=O)=O)cc1. The Labute approximate surface area is 96.4 Å². The number of carbonyl (C=O) groups is 1. The molecule has 1 aromatic rings. The average Bonchev–Trinajstić information content (AvgIpc) is 2.18. The first-order chi connectivity index (χ1) is 7.37. The van der Waals surface area contributed by atoms with Crippen LogP contribution in [0.2, 0.25) is 0 Å². The molecule has 0 amide bonds. The van der Waals surface area contributed by atoms with E-state index >= 15 is 0 Å². The van der Waals surface area contributed by atoms with Crippen molar-refractivity contribution >= 4 is 15.6 Å². The third-order valence-corrected chi connectivity index (χ3v) is 3.22. The number of hydrogen-bond donors (Lipinski definition) is 0. The Morgan fingerprint density at radius 1 is 1.19 bits per heavy atom. The highest BCUT2D eigenvalue weighted by Gasteiger charge is 2.08. The molecule has 0 aliphatic heterocycles. The van der Waals surface area contributed by atoms with Gasteiger partial charge in [0.15, 0.2) is 0 Å². The van der Waals surface area contributed by atoms with E-state index in [2.05, 4.69) is 0 Å². The zero-order chi connectivity index (χ0) is 12.2. The molecule has 0 atom stereocenters. The molecule has 0 N–H and O–H groups in total. The van der Waals surface area contributed by atoms with Crippen LogP contribution in [-0.2, 0) is 21.1 Å². The minimum absolute atomic E-state index is 0.0331. The maximum atomic E-state index is 11.5. The quantitative estimate of drug-likeness (QED) is 0.784. The second-order valence-corrected chi connectivity index (χ2v) is 6.34. The zero-order valence-corrected chi connectivity index (χ0v) is 10.4. The molecule has 16 heavy (non-hydrogen) atoms. The summed E-state index contributed by atoms with van der Waals surface area (Å²) in [4.78, 5) is 11.5. The molecule has 1 aromatic carbocycles. The van der Waals surface area contributed by atoms with Crippen molar-refractivity contribution in [3.05, 3.63) is 35.4 Å². The summed E-state index contributed by atoms with van der Waals surface area (Å²) in [5.41, 5.74) is 2.08. The molecule has 0 saturated carbocycles. The van der Waals surface area contributed by atoms with Crippen molar-refractivity contribution in [2.45, 2.75) is 19.8 Å². The number of rotatable bonds is 5. The molecule has 0 unspecified atom stereocenters. The molecule has 88 valence electrons. The van der Waals surface area contributed by atoms with Crippen LogP contribution in [0.15, 0.2) is 24.3 Å². The van der Waals surface area contributed by atoms with Crippen LogP contribution in [0.3, 0.4) is 0 Å². The van der Waals surface area contributed by atoms with Crippen LogP contribution in [0.25, 0.3) is 0 Å². The summed E-state index contributed by atoms with van der Waals surface area (Å²) in [6.45, 7) is 1.98. The Morgan fingerprint density at radius 2 is 1.75 bits per heavy atom. The van der Waals surface area contributed by atoms with Gasteiger partial charge in [-0.1, -0.05) is 29.8 Å². The predicted octanol–water partition coefficient (Wildman–Crippen LogP) is 1.54. The van der Waals surface area contributed by atoms with Crippen LogP contribution < -0.4 is 0 Å². The van der Waals surface area contributed by atoms with Crippen molar-refractivity contribution in [2.24, 2.45) is 0 Å². The van der Waals surface area contributed by atoms with Crippen molar-refractivity contribution in [3.8, 4) is 0 Å². The largest absolute Gasteiger partial charge is 0.299 e. The molecule has 0 radical (unpaired) electrons. The van der Waals surface area contributed by atoms with Crippen molar-refractivity contribution in [2.75, 3.05) is 12.0 Å². The lowest BCUT2D eigenvalue weighted by Gasteiger charge is -2.01. The van der Waals surface area contributed by atoms with Crippen molar-refractivity contribution in [1.82, 2.24) is 0 Å². The first-order valence-corrected chi connectivity index (χ1v) is 7.18. The van der Waals surface area contributed by atoms with Crippen LogP contribution >= 0.6 is 0 Å². The minimum atomic E-state index is -3.04. The Hall–Kier alpha value is -1.16. The number of ketones is 1. The zero-order valence-electron chi connectivity index (χ0n) is 9.56. The molecule has 0 bridgehead atoms. The van der Waals surface area contributed by atoms with Gasteiger partial charge >= 0.3 is 0 Å². The summed E-state index contributed by atoms with van der Waals surface area (Å²) >= 11 is 0. The molecular formula is C12H16O3S. The monoisotopic (exact) mass is 240 g/mol. The molecular weight excluding hydrogens is 224 g/mol. The van der Waals surface area contributed by atoms with E-state index in [9.17, 15) is 13.2 Å². The van der Waals surface area contributed by atoms with E-state index in [4.69, 9.17) is 0 Å². The van der Waals surface area contributed by atoms with Crippen LogP contribution in [0, 0.1) is 6.92 Å². The first kappa shape index (κ1) is 12.9. The minimum Gasteiger partial charge on any atom is -0.299 e. The van der Waals surface area contributed by atoms with Crippen LogP contribution in [0.1, 0.15) is 17.5 Å². The number of benzene rings is 1. The second-order valence-electron chi connectivity index (χ2n) is 4.08. The van der Waals surface area contributed by atoms with Crippen LogP contribution in [0.5, 0.6) is 0 Å². The van der Waals surface area contributed by atoms with Crippen molar-refractivity contribution < 1.29 is 13.2 Å². The third kappa shape index (κ3) is 5.07. The maximum Gasteiger partial charge on any atom is 0.147 e. The molecule has 0 spiro atoms. The highest BCUT2D eigenvalue weighted by atomic mass is 32.2. The molecule has 0 aliphatic rings. The molecule has 0 fully saturated rings. The van der Waals surface area contributed by atoms with Crippen LogP contribution in [-0.4, -0.2) is 26.2 Å². The fourth-order valence-corrected chi connectivity index (χ4v) is 1.92. The van der Waals surface area contributed by atoms with Gasteiger partial charge in [0, 0.05) is 19.1 Å². The Morgan fingerprint density at radius 3 is 2.25 bits per heavy atom. The van der Waals surface area contributed by atoms with Crippen LogP contribution in [0.4, 0.5) is 0 Å². The van der Waals surface area contributed by atoms with Gasteiger partial charge in [-0.05, 0) is 12.5 Å². The Kier molecular flexibility index (Phi) is 4.24. The molecule has 0 saturated heterocycles. The van der Waals surface area contributed by atoms with Gasteiger partial charge in [0.25, 0.3) is 0 Å². The van der Waals surface area contributed by atoms with E-state index in [1.165, 1.54) is 0 Å². The molecule has 3 nitrogen and oxygen atoms in total. The van der Waals surface area contributed by atoms with Gasteiger partial charge in [-0.15, -0.1) is 0 Å². The van der Waals surface area contributed by atoms with E-state index in [1.54, 1.807) is 0 Å². The van der Waals surface area contributed by atoms with E-state index in [0.717, 1.165) is 17.4 Å². The van der Waals surface area contributed by atoms with Gasteiger partial charge in [-0.3, -0.25) is 4.79 Å². The lowest BCUT2D eigenvalue weighted by Crippen LogP contribution is -2.11.